The summed E-state index contributed by atoms with van der Waals surface area (Å²) in [7, 11) is 0. The molecule has 2 aromatic carbocycles. The van der Waals surface area contributed by atoms with Crippen LogP contribution in [0.4, 0.5) is 5.69 Å². The minimum Gasteiger partial charge on any atom is -0.492 e. The van der Waals surface area contributed by atoms with Gasteiger partial charge in [-0.3, -0.25) is 14.9 Å². The van der Waals surface area contributed by atoms with Crippen LogP contribution in [-0.4, -0.2) is 23.5 Å². The lowest BCUT2D eigenvalue weighted by atomic mass is 10.1. The number of rotatable bonds is 6. The Morgan fingerprint density at radius 3 is 2.62 bits per heavy atom. The number of nitrogens with two attached hydrogens (primary N) is 1. The molecule has 0 aliphatic rings. The van der Waals surface area contributed by atoms with Crippen LogP contribution in [0, 0.1) is 0 Å². The molecule has 0 radical (unpaired) electrons. The van der Waals surface area contributed by atoms with E-state index in [2.05, 4.69) is 26.6 Å². The molecule has 0 atom stereocenters. The predicted octanol–water partition coefficient (Wildman–Crippen LogP) is 3.46. The second-order valence-corrected chi connectivity index (χ2v) is 6.57. The van der Waals surface area contributed by atoms with Gasteiger partial charge in [-0.15, -0.1) is 0 Å². The van der Waals surface area contributed by atoms with E-state index in [0.717, 1.165) is 6.42 Å². The van der Waals surface area contributed by atoms with Crippen LogP contribution in [0.15, 0.2) is 46.9 Å². The summed E-state index contributed by atoms with van der Waals surface area (Å²) in [6.07, 6.45) is 0.890. The molecule has 4 N–H and O–H groups in total. The van der Waals surface area contributed by atoms with E-state index >= 15 is 0 Å². The molecule has 8 heteroatoms. The van der Waals surface area contributed by atoms with Gasteiger partial charge in [-0.25, -0.2) is 0 Å². The molecule has 0 fully saturated rings. The van der Waals surface area contributed by atoms with Crippen molar-refractivity contribution in [1.29, 1.82) is 0 Å². The summed E-state index contributed by atoms with van der Waals surface area (Å²) in [5, 5.41) is 5.44. The maximum atomic E-state index is 12.3. The fourth-order valence-electron chi connectivity index (χ4n) is 2.11. The molecule has 26 heavy (non-hydrogen) atoms. The number of carbonyl (C=O) groups excluding carboxylic acids is 2. The zero-order valence-corrected chi connectivity index (χ0v) is 16.4. The van der Waals surface area contributed by atoms with Crippen LogP contribution in [0.25, 0.3) is 0 Å². The summed E-state index contributed by atoms with van der Waals surface area (Å²) in [4.78, 5) is 23.8. The van der Waals surface area contributed by atoms with Gasteiger partial charge in [0.2, 0.25) is 0 Å². The van der Waals surface area contributed by atoms with Gasteiger partial charge in [0.15, 0.2) is 5.11 Å². The van der Waals surface area contributed by atoms with Gasteiger partial charge in [-0.05, 0) is 64.9 Å². The Morgan fingerprint density at radius 2 is 1.96 bits per heavy atom. The van der Waals surface area contributed by atoms with Crippen molar-refractivity contribution in [3.63, 3.8) is 0 Å². The molecule has 2 amide bonds. The number of ether oxygens (including phenoxy) is 1. The number of hydrogen-bond acceptors (Lipinski definition) is 4. The molecule has 2 rings (SSSR count). The van der Waals surface area contributed by atoms with Crippen LogP contribution < -0.4 is 21.1 Å². The number of carbonyl (C=O) groups is 2. The number of thiocarbonyl (C=S) groups is 1. The second-order valence-electron chi connectivity index (χ2n) is 5.31. The number of benzene rings is 2. The second kappa shape index (κ2) is 9.30. The molecule has 0 unspecified atom stereocenters. The summed E-state index contributed by atoms with van der Waals surface area (Å²) in [5.74, 6) is -0.310. The third kappa shape index (κ3) is 5.27. The van der Waals surface area contributed by atoms with E-state index in [0.29, 0.717) is 28.1 Å². The smallest absolute Gasteiger partial charge is 0.257 e. The highest BCUT2D eigenvalue weighted by Gasteiger charge is 2.13. The molecule has 0 aliphatic carbocycles. The molecule has 0 saturated heterocycles. The lowest BCUT2D eigenvalue weighted by Gasteiger charge is -2.13. The van der Waals surface area contributed by atoms with E-state index in [1.54, 1.807) is 42.5 Å². The van der Waals surface area contributed by atoms with E-state index in [9.17, 15) is 9.59 Å². The first-order chi connectivity index (χ1) is 12.4. The third-order valence-electron chi connectivity index (χ3n) is 3.32. The minimum absolute atomic E-state index is 0.0612. The molecule has 0 saturated carbocycles. The monoisotopic (exact) mass is 435 g/mol. The Kier molecular flexibility index (Phi) is 7.11. The average Bonchev–Trinajstić information content (AvgIpc) is 2.60. The van der Waals surface area contributed by atoms with Gasteiger partial charge < -0.3 is 15.8 Å². The fraction of sp³-hybridized carbons (Fsp3) is 0.167. The van der Waals surface area contributed by atoms with Crippen molar-refractivity contribution < 1.29 is 14.3 Å². The molecular weight excluding hydrogens is 418 g/mol. The van der Waals surface area contributed by atoms with E-state index < -0.39 is 5.91 Å². The number of amides is 2. The van der Waals surface area contributed by atoms with Crippen LogP contribution in [0.5, 0.6) is 5.75 Å². The Morgan fingerprint density at radius 1 is 1.23 bits per heavy atom. The highest BCUT2D eigenvalue weighted by Crippen LogP contribution is 2.26. The first-order valence-corrected chi connectivity index (χ1v) is 9.06. The molecular formula is C18H18BrN3O3S. The van der Waals surface area contributed by atoms with Crippen molar-refractivity contribution in [2.24, 2.45) is 5.73 Å². The lowest BCUT2D eigenvalue weighted by molar-refractivity contribution is 0.0975. The maximum Gasteiger partial charge on any atom is 0.257 e. The van der Waals surface area contributed by atoms with E-state index in [1.807, 2.05) is 6.92 Å². The number of halogens is 1. The molecule has 0 bridgehead atoms. The number of anilines is 1. The number of hydrogen-bond donors (Lipinski definition) is 3. The summed E-state index contributed by atoms with van der Waals surface area (Å²) in [5.41, 5.74) is 6.44. The van der Waals surface area contributed by atoms with Gasteiger partial charge in [0.1, 0.15) is 5.75 Å². The van der Waals surface area contributed by atoms with Crippen molar-refractivity contribution >= 4 is 50.8 Å². The Balaban J connectivity index is 2.04. The quantitative estimate of drug-likeness (QED) is 0.603. The molecule has 2 aromatic rings. The van der Waals surface area contributed by atoms with Crippen molar-refractivity contribution in [1.82, 2.24) is 5.32 Å². The van der Waals surface area contributed by atoms with Crippen molar-refractivity contribution in [2.45, 2.75) is 13.3 Å². The third-order valence-corrected chi connectivity index (χ3v) is 4.15. The molecule has 6 nitrogen and oxygen atoms in total. The van der Waals surface area contributed by atoms with Gasteiger partial charge in [0.05, 0.1) is 22.3 Å². The number of para-hydroxylation sites is 1. The lowest BCUT2D eigenvalue weighted by Crippen LogP contribution is -2.34. The van der Waals surface area contributed by atoms with Gasteiger partial charge in [-0.1, -0.05) is 19.1 Å². The van der Waals surface area contributed by atoms with Gasteiger partial charge in [0.25, 0.3) is 11.8 Å². The molecule has 0 aromatic heterocycles. The zero-order valence-electron chi connectivity index (χ0n) is 14.0. The van der Waals surface area contributed by atoms with Gasteiger partial charge in [-0.2, -0.15) is 0 Å². The van der Waals surface area contributed by atoms with Crippen molar-refractivity contribution in [3.8, 4) is 5.75 Å². The number of primary amides is 1. The van der Waals surface area contributed by atoms with E-state index in [1.165, 1.54) is 0 Å². The maximum absolute atomic E-state index is 12.3. The zero-order chi connectivity index (χ0) is 19.1. The van der Waals surface area contributed by atoms with Crippen LogP contribution >= 0.6 is 28.1 Å². The molecule has 0 spiro atoms. The van der Waals surface area contributed by atoms with E-state index in [4.69, 9.17) is 22.7 Å². The Bertz CT molecular complexity index is 842. The molecule has 0 heterocycles. The summed E-state index contributed by atoms with van der Waals surface area (Å²) in [6.45, 7) is 2.61. The van der Waals surface area contributed by atoms with Crippen LogP contribution in [-0.2, 0) is 0 Å². The fourth-order valence-corrected chi connectivity index (χ4v) is 2.80. The SMILES string of the molecule is CCCOc1ccc(C(=O)NC(=S)Nc2ccccc2C(N)=O)cc1Br. The van der Waals surface area contributed by atoms with Crippen LogP contribution in [0.3, 0.4) is 0 Å². The molecule has 0 aliphatic heterocycles. The first-order valence-electron chi connectivity index (χ1n) is 7.86. The Labute approximate surface area is 165 Å². The van der Waals surface area contributed by atoms with Gasteiger partial charge >= 0.3 is 0 Å². The van der Waals surface area contributed by atoms with Gasteiger partial charge in [0, 0.05) is 5.56 Å². The largest absolute Gasteiger partial charge is 0.492 e. The van der Waals surface area contributed by atoms with Crippen LogP contribution in [0.1, 0.15) is 34.1 Å². The van der Waals surface area contributed by atoms with E-state index in [-0.39, 0.29) is 16.6 Å². The highest BCUT2D eigenvalue weighted by molar-refractivity contribution is 9.10. The molecule has 136 valence electrons. The minimum atomic E-state index is -0.589. The first kappa shape index (κ1) is 19.9. The topological polar surface area (TPSA) is 93.4 Å². The van der Waals surface area contributed by atoms with Crippen molar-refractivity contribution in [3.05, 3.63) is 58.1 Å². The Hall–Kier alpha value is -2.45. The predicted molar refractivity (Wildman–Crippen MR) is 109 cm³/mol. The highest BCUT2D eigenvalue weighted by atomic mass is 79.9. The summed E-state index contributed by atoms with van der Waals surface area (Å²) >= 11 is 8.53. The average molecular weight is 436 g/mol. The number of nitrogens with one attached hydrogen (secondary N) is 2. The summed E-state index contributed by atoms with van der Waals surface area (Å²) in [6, 6.07) is 11.6. The standard InChI is InChI=1S/C18H18BrN3O3S/c1-2-9-25-15-8-7-11(10-13(15)19)17(24)22-18(26)21-14-6-4-3-5-12(14)16(20)23/h3-8,10H,2,9H2,1H3,(H2,20,23)(H2,21,22,24,26). The van der Waals surface area contributed by atoms with Crippen molar-refractivity contribution in [2.75, 3.05) is 11.9 Å². The summed E-state index contributed by atoms with van der Waals surface area (Å²) < 4.78 is 6.23. The van der Waals surface area contributed by atoms with Crippen LogP contribution in [0.2, 0.25) is 0 Å². The normalized spacial score (nSPS) is 10.1.